The third-order valence-electron chi connectivity index (χ3n) is 6.54. The van der Waals surface area contributed by atoms with E-state index in [0.29, 0.717) is 28.4 Å². The molecule has 3 aromatic carbocycles. The Bertz CT molecular complexity index is 1650. The molecule has 1 aromatic heterocycles. The van der Waals surface area contributed by atoms with E-state index < -0.39 is 11.9 Å². The van der Waals surface area contributed by atoms with E-state index >= 15 is 0 Å². The van der Waals surface area contributed by atoms with Crippen LogP contribution in [0.15, 0.2) is 84.0 Å². The first-order chi connectivity index (χ1) is 19.2. The van der Waals surface area contributed by atoms with Crippen LogP contribution in [0.5, 0.6) is 0 Å². The third-order valence-corrected chi connectivity index (χ3v) is 8.02. The Kier molecular flexibility index (Phi) is 7.77. The summed E-state index contributed by atoms with van der Waals surface area (Å²) in [6.07, 6.45) is 0.437. The zero-order valence-electron chi connectivity index (χ0n) is 21.2. The van der Waals surface area contributed by atoms with Crippen molar-refractivity contribution in [3.63, 3.8) is 0 Å². The average Bonchev–Trinajstić information content (AvgIpc) is 3.53. The Morgan fingerprint density at radius 2 is 1.85 bits per heavy atom. The molecule has 1 aliphatic heterocycles. The van der Waals surface area contributed by atoms with Crippen molar-refractivity contribution in [2.75, 3.05) is 5.01 Å². The van der Waals surface area contributed by atoms with E-state index in [1.54, 1.807) is 43.3 Å². The van der Waals surface area contributed by atoms with E-state index in [-0.39, 0.29) is 29.7 Å². The molecule has 7 nitrogen and oxygen atoms in total. The van der Waals surface area contributed by atoms with Crippen LogP contribution in [0.25, 0.3) is 10.4 Å². The lowest BCUT2D eigenvalue weighted by molar-refractivity contribution is -0.119. The lowest BCUT2D eigenvalue weighted by Crippen LogP contribution is -2.28. The molecular weight excluding hydrogens is 553 g/mol. The molecule has 40 heavy (non-hydrogen) atoms. The minimum absolute atomic E-state index is 0.0796. The van der Waals surface area contributed by atoms with Crippen LogP contribution in [0, 0.1) is 11.7 Å². The molecule has 2 heterocycles. The second-order valence-electron chi connectivity index (χ2n) is 9.27. The van der Waals surface area contributed by atoms with Gasteiger partial charge in [-0.15, -0.1) is 11.3 Å². The van der Waals surface area contributed by atoms with Gasteiger partial charge in [-0.25, -0.2) is 14.2 Å². The number of aromatic carboxylic acids is 1. The summed E-state index contributed by atoms with van der Waals surface area (Å²) in [5.74, 6) is -2.46. The van der Waals surface area contributed by atoms with Crippen LogP contribution >= 0.6 is 22.9 Å². The van der Waals surface area contributed by atoms with Crippen LogP contribution in [0.4, 0.5) is 10.1 Å². The molecular formula is C30H23ClFN3O4S. The number of hydrazone groups is 1. The zero-order valence-corrected chi connectivity index (χ0v) is 22.8. The molecule has 5 rings (SSSR count). The van der Waals surface area contributed by atoms with E-state index in [1.165, 1.54) is 40.6 Å². The first-order valence-electron chi connectivity index (χ1n) is 12.3. The summed E-state index contributed by atoms with van der Waals surface area (Å²) in [7, 11) is 0. The van der Waals surface area contributed by atoms with E-state index in [0.717, 1.165) is 20.9 Å². The fourth-order valence-electron chi connectivity index (χ4n) is 4.37. The monoisotopic (exact) mass is 575 g/mol. The summed E-state index contributed by atoms with van der Waals surface area (Å²) in [5.41, 5.74) is 3.03. The van der Waals surface area contributed by atoms with Gasteiger partial charge in [0.05, 0.1) is 27.8 Å². The summed E-state index contributed by atoms with van der Waals surface area (Å²) in [5, 5.41) is 18.1. The van der Waals surface area contributed by atoms with Crippen molar-refractivity contribution in [1.82, 2.24) is 5.32 Å². The topological polar surface area (TPSA) is 99.1 Å². The molecule has 0 radical (unpaired) electrons. The maximum atomic E-state index is 13.2. The van der Waals surface area contributed by atoms with Gasteiger partial charge in [-0.1, -0.05) is 35.9 Å². The SMILES string of the molecule is CC1=NN(c2cccc(C(=O)O)c2)C(=O)C1Cc1ccc(-c2ccc(Cl)c(C(=O)NCc3ccc(F)cc3)c2)s1. The molecule has 0 spiro atoms. The van der Waals surface area contributed by atoms with Crippen LogP contribution < -0.4 is 10.3 Å². The summed E-state index contributed by atoms with van der Waals surface area (Å²) >= 11 is 7.83. The molecule has 10 heteroatoms. The number of carboxylic acid groups (broad SMARTS) is 1. The number of carbonyl (C=O) groups is 3. The normalized spacial score (nSPS) is 14.8. The molecule has 202 valence electrons. The Balaban J connectivity index is 1.28. The fourth-order valence-corrected chi connectivity index (χ4v) is 5.62. The lowest BCUT2D eigenvalue weighted by Gasteiger charge is -2.14. The first-order valence-corrected chi connectivity index (χ1v) is 13.5. The number of benzene rings is 3. The average molecular weight is 576 g/mol. The van der Waals surface area contributed by atoms with Crippen LogP contribution in [0.2, 0.25) is 5.02 Å². The van der Waals surface area contributed by atoms with Gasteiger partial charge >= 0.3 is 5.97 Å². The van der Waals surface area contributed by atoms with Crippen molar-refractivity contribution in [1.29, 1.82) is 0 Å². The number of nitrogens with zero attached hydrogens (tertiary/aromatic N) is 2. The van der Waals surface area contributed by atoms with Gasteiger partial charge in [-0.3, -0.25) is 9.59 Å². The molecule has 1 unspecified atom stereocenters. The highest BCUT2D eigenvalue weighted by Gasteiger charge is 2.35. The minimum atomic E-state index is -1.08. The second kappa shape index (κ2) is 11.4. The van der Waals surface area contributed by atoms with Gasteiger partial charge in [0.25, 0.3) is 11.8 Å². The van der Waals surface area contributed by atoms with E-state index in [9.17, 15) is 23.9 Å². The van der Waals surface area contributed by atoms with Gasteiger partial charge < -0.3 is 10.4 Å². The van der Waals surface area contributed by atoms with Crippen molar-refractivity contribution >= 4 is 52.1 Å². The predicted octanol–water partition coefficient (Wildman–Crippen LogP) is 6.42. The van der Waals surface area contributed by atoms with Crippen molar-refractivity contribution in [2.24, 2.45) is 11.0 Å². The van der Waals surface area contributed by atoms with Crippen LogP contribution in [0.3, 0.4) is 0 Å². The zero-order chi connectivity index (χ0) is 28.4. The molecule has 2 N–H and O–H groups in total. The van der Waals surface area contributed by atoms with Crippen molar-refractivity contribution in [3.8, 4) is 10.4 Å². The predicted molar refractivity (Wildman–Crippen MR) is 154 cm³/mol. The molecule has 0 saturated carbocycles. The number of rotatable bonds is 8. The Hall–Kier alpha value is -4.34. The second-order valence-corrected chi connectivity index (χ2v) is 10.8. The van der Waals surface area contributed by atoms with Gasteiger partial charge in [-0.2, -0.15) is 5.10 Å². The molecule has 0 saturated heterocycles. The maximum absolute atomic E-state index is 13.2. The van der Waals surface area contributed by atoms with E-state index in [2.05, 4.69) is 10.4 Å². The largest absolute Gasteiger partial charge is 0.478 e. The van der Waals surface area contributed by atoms with E-state index in [4.69, 9.17) is 11.6 Å². The Morgan fingerprint density at radius 1 is 1.07 bits per heavy atom. The van der Waals surface area contributed by atoms with Crippen molar-refractivity contribution < 1.29 is 23.9 Å². The lowest BCUT2D eigenvalue weighted by atomic mass is 9.99. The highest BCUT2D eigenvalue weighted by molar-refractivity contribution is 7.15. The summed E-state index contributed by atoms with van der Waals surface area (Å²) in [4.78, 5) is 39.3. The highest BCUT2D eigenvalue weighted by Crippen LogP contribution is 2.34. The molecule has 0 aliphatic carbocycles. The number of halogens is 2. The van der Waals surface area contributed by atoms with Crippen molar-refractivity contribution in [2.45, 2.75) is 19.9 Å². The number of carboxylic acids is 1. The maximum Gasteiger partial charge on any atom is 0.335 e. The molecule has 2 amide bonds. The number of anilines is 1. The Morgan fingerprint density at radius 3 is 2.60 bits per heavy atom. The van der Waals surface area contributed by atoms with Gasteiger partial charge in [0.2, 0.25) is 0 Å². The molecule has 1 aliphatic rings. The van der Waals surface area contributed by atoms with Gasteiger partial charge in [0.15, 0.2) is 0 Å². The number of nitrogens with one attached hydrogen (secondary N) is 1. The highest BCUT2D eigenvalue weighted by atomic mass is 35.5. The quantitative estimate of drug-likeness (QED) is 0.253. The number of hydrogen-bond acceptors (Lipinski definition) is 5. The minimum Gasteiger partial charge on any atom is -0.478 e. The standard InChI is InChI=1S/C30H23ClFN3O4S/c1-17-24(29(37)35(34-17)22-4-2-3-20(13-22)30(38)39)15-23-10-12-27(40-23)19-7-11-26(31)25(14-19)28(36)33-16-18-5-8-21(32)9-6-18/h2-14,24H,15-16H2,1H3,(H,33,36)(H,38,39). The smallest absolute Gasteiger partial charge is 0.335 e. The van der Waals surface area contributed by atoms with Gasteiger partial charge in [0, 0.05) is 22.0 Å². The molecule has 0 bridgehead atoms. The number of hydrogen-bond donors (Lipinski definition) is 2. The molecule has 1 atom stereocenters. The van der Waals surface area contributed by atoms with Crippen LogP contribution in [-0.4, -0.2) is 28.6 Å². The number of carbonyl (C=O) groups excluding carboxylic acids is 2. The van der Waals surface area contributed by atoms with Crippen molar-refractivity contribution in [3.05, 3.63) is 111 Å². The first kappa shape index (κ1) is 27.2. The Labute approximate surface area is 238 Å². The molecule has 4 aromatic rings. The van der Waals surface area contributed by atoms with Crippen LogP contribution in [-0.2, 0) is 17.8 Å². The summed E-state index contributed by atoms with van der Waals surface area (Å²) in [6, 6.07) is 21.1. The van der Waals surface area contributed by atoms with E-state index in [1.807, 2.05) is 18.2 Å². The van der Waals surface area contributed by atoms with Gasteiger partial charge in [-0.05, 0) is 79.1 Å². The fraction of sp³-hybridized carbons (Fsp3) is 0.133. The number of thiophene rings is 1. The molecule has 0 fully saturated rings. The van der Waals surface area contributed by atoms with Crippen LogP contribution in [0.1, 0.15) is 38.1 Å². The third kappa shape index (κ3) is 5.80. The van der Waals surface area contributed by atoms with Gasteiger partial charge in [0.1, 0.15) is 5.82 Å². The summed E-state index contributed by atoms with van der Waals surface area (Å²) in [6.45, 7) is 2.02. The summed E-state index contributed by atoms with van der Waals surface area (Å²) < 4.78 is 13.1. The number of amides is 2.